The molecule has 1 aliphatic carbocycles. The van der Waals surface area contributed by atoms with Gasteiger partial charge in [0.25, 0.3) is 0 Å². The molecule has 0 fully saturated rings. The van der Waals surface area contributed by atoms with Crippen LogP contribution in [0, 0.1) is 0 Å². The number of hydrogen-bond acceptors (Lipinski definition) is 0. The maximum atomic E-state index is 2.45. The van der Waals surface area contributed by atoms with Gasteiger partial charge in [-0.1, -0.05) is 111 Å². The monoisotopic (exact) mass is 678 g/mol. The Hall–Kier alpha value is -6.71. The zero-order chi connectivity index (χ0) is 35.3. The molecule has 10 aromatic rings. The van der Waals surface area contributed by atoms with Gasteiger partial charge in [-0.3, -0.25) is 0 Å². The van der Waals surface area contributed by atoms with E-state index in [1.54, 1.807) is 0 Å². The predicted molar refractivity (Wildman–Crippen MR) is 220 cm³/mol. The summed E-state index contributed by atoms with van der Waals surface area (Å²) in [7, 11) is 0. The molecule has 0 aliphatic heterocycles. The van der Waals surface area contributed by atoms with Crippen LogP contribution < -0.4 is 4.57 Å². The summed E-state index contributed by atoms with van der Waals surface area (Å²) >= 11 is 0. The molecule has 0 N–H and O–H groups in total. The van der Waals surface area contributed by atoms with Crippen LogP contribution in [0.1, 0.15) is 25.0 Å². The van der Waals surface area contributed by atoms with E-state index in [9.17, 15) is 0 Å². The molecule has 53 heavy (non-hydrogen) atoms. The fourth-order valence-electron chi connectivity index (χ4n) is 9.03. The van der Waals surface area contributed by atoms with E-state index in [0.29, 0.717) is 0 Å². The van der Waals surface area contributed by atoms with Crippen LogP contribution in [-0.4, -0.2) is 9.13 Å². The molecule has 0 atom stereocenters. The molecule has 3 aromatic heterocycles. The van der Waals surface area contributed by atoms with Gasteiger partial charge < -0.3 is 9.13 Å². The molecule has 11 rings (SSSR count). The Morgan fingerprint density at radius 1 is 0.396 bits per heavy atom. The van der Waals surface area contributed by atoms with Crippen molar-refractivity contribution in [2.45, 2.75) is 19.3 Å². The fourth-order valence-corrected chi connectivity index (χ4v) is 9.03. The van der Waals surface area contributed by atoms with Gasteiger partial charge in [0, 0.05) is 56.9 Å². The van der Waals surface area contributed by atoms with Gasteiger partial charge in [0.05, 0.1) is 27.8 Å². The largest absolute Gasteiger partial charge is 0.309 e. The summed E-state index contributed by atoms with van der Waals surface area (Å²) in [5, 5.41) is 5.03. The zero-order valence-corrected chi connectivity index (χ0v) is 29.7. The Morgan fingerprint density at radius 3 is 1.58 bits per heavy atom. The molecule has 3 nitrogen and oxygen atoms in total. The first-order valence-corrected chi connectivity index (χ1v) is 18.4. The van der Waals surface area contributed by atoms with Crippen LogP contribution in [0.4, 0.5) is 0 Å². The van der Waals surface area contributed by atoms with Gasteiger partial charge in [-0.05, 0) is 81.9 Å². The van der Waals surface area contributed by atoms with Crippen LogP contribution in [0.3, 0.4) is 0 Å². The molecule has 250 valence electrons. The summed E-state index contributed by atoms with van der Waals surface area (Å²) in [5.74, 6) is 0. The van der Waals surface area contributed by atoms with Crippen LogP contribution in [0.5, 0.6) is 0 Å². The van der Waals surface area contributed by atoms with E-state index >= 15 is 0 Å². The van der Waals surface area contributed by atoms with Crippen molar-refractivity contribution in [3.8, 4) is 39.3 Å². The first-order chi connectivity index (χ1) is 26.0. The molecule has 0 spiro atoms. The Labute approximate surface area is 308 Å². The van der Waals surface area contributed by atoms with Crippen LogP contribution in [0.25, 0.3) is 82.9 Å². The topological polar surface area (TPSA) is 13.7 Å². The highest BCUT2D eigenvalue weighted by molar-refractivity contribution is 6.12. The van der Waals surface area contributed by atoms with Crippen molar-refractivity contribution in [3.63, 3.8) is 0 Å². The molecule has 0 bridgehead atoms. The molecule has 0 saturated heterocycles. The van der Waals surface area contributed by atoms with E-state index in [-0.39, 0.29) is 5.41 Å². The SMILES string of the molecule is CC1(C)c2ccccc2-c2ccc(-n3c4ccccc4c4cc(-c5ccc6c(c5)c5ccccc5n6-c5cc[n+](-c6ccccc6)cc5)ccc43)cc21. The summed E-state index contributed by atoms with van der Waals surface area (Å²) < 4.78 is 7.00. The number of aromatic nitrogens is 3. The average molecular weight is 679 g/mol. The van der Waals surface area contributed by atoms with Crippen molar-refractivity contribution in [1.29, 1.82) is 0 Å². The molecule has 3 heteroatoms. The smallest absolute Gasteiger partial charge is 0.210 e. The van der Waals surface area contributed by atoms with Crippen LogP contribution in [0.2, 0.25) is 0 Å². The van der Waals surface area contributed by atoms with Gasteiger partial charge in [-0.25, -0.2) is 0 Å². The van der Waals surface area contributed by atoms with Gasteiger partial charge in [-0.15, -0.1) is 0 Å². The summed E-state index contributed by atoms with van der Waals surface area (Å²) in [4.78, 5) is 0. The molecule has 3 heterocycles. The Morgan fingerprint density at radius 2 is 0.925 bits per heavy atom. The lowest BCUT2D eigenvalue weighted by Crippen LogP contribution is -2.29. The molecule has 0 unspecified atom stereocenters. The molecule has 1 aliphatic rings. The molecule has 0 radical (unpaired) electrons. The maximum absolute atomic E-state index is 2.45. The second-order valence-electron chi connectivity index (χ2n) is 14.9. The molecule has 0 amide bonds. The van der Waals surface area contributed by atoms with Gasteiger partial charge in [0.1, 0.15) is 0 Å². The number of benzene rings is 7. The van der Waals surface area contributed by atoms with Crippen molar-refractivity contribution in [2.24, 2.45) is 0 Å². The number of nitrogens with zero attached hydrogens (tertiary/aromatic N) is 3. The van der Waals surface area contributed by atoms with Crippen molar-refractivity contribution in [2.75, 3.05) is 0 Å². The summed E-state index contributed by atoms with van der Waals surface area (Å²) in [6, 6.07) is 62.3. The maximum Gasteiger partial charge on any atom is 0.210 e. The summed E-state index contributed by atoms with van der Waals surface area (Å²) in [6.07, 6.45) is 4.29. The number of pyridine rings is 1. The third-order valence-corrected chi connectivity index (χ3v) is 11.6. The zero-order valence-electron chi connectivity index (χ0n) is 29.7. The second kappa shape index (κ2) is 11.1. The predicted octanol–water partition coefficient (Wildman–Crippen LogP) is 12.1. The minimum atomic E-state index is -0.0553. The van der Waals surface area contributed by atoms with E-state index < -0.39 is 0 Å². The standard InChI is InChI=1S/C50H36N3/c1-50(2)44-17-9-6-14-38(44)39-23-22-37(32-45(39)50)53-47-19-11-8-16-41(47)43-31-34(21-25-49(43)53)33-20-24-48-42(30-33)40-15-7-10-18-46(40)52(48)36-26-28-51(29-27-36)35-12-4-3-5-13-35/h3-32H,1-2H3/q+1. The van der Waals surface area contributed by atoms with Crippen LogP contribution in [-0.2, 0) is 5.41 Å². The molecule has 0 saturated carbocycles. The Kier molecular flexibility index (Phi) is 6.30. The molecule has 7 aromatic carbocycles. The van der Waals surface area contributed by atoms with E-state index in [4.69, 9.17) is 0 Å². The van der Waals surface area contributed by atoms with Crippen LogP contribution >= 0.6 is 0 Å². The van der Waals surface area contributed by atoms with E-state index in [1.807, 2.05) is 0 Å². The highest BCUT2D eigenvalue weighted by Crippen LogP contribution is 2.49. The fraction of sp³-hybridized carbons (Fsp3) is 0.0600. The number of rotatable bonds is 4. The lowest BCUT2D eigenvalue weighted by atomic mass is 9.82. The van der Waals surface area contributed by atoms with Gasteiger partial charge in [0.15, 0.2) is 12.4 Å². The normalized spacial score (nSPS) is 13.2. The van der Waals surface area contributed by atoms with Gasteiger partial charge >= 0.3 is 0 Å². The van der Waals surface area contributed by atoms with Crippen LogP contribution in [0.15, 0.2) is 182 Å². The van der Waals surface area contributed by atoms with E-state index in [2.05, 4.69) is 210 Å². The third kappa shape index (κ3) is 4.37. The minimum absolute atomic E-state index is 0.0553. The van der Waals surface area contributed by atoms with Gasteiger partial charge in [0.2, 0.25) is 5.69 Å². The number of hydrogen-bond donors (Lipinski definition) is 0. The second-order valence-corrected chi connectivity index (χ2v) is 14.9. The Balaban J connectivity index is 1.04. The van der Waals surface area contributed by atoms with Crippen molar-refractivity contribution < 1.29 is 4.57 Å². The number of para-hydroxylation sites is 3. The molecular formula is C50H36N3+. The number of fused-ring (bicyclic) bond motifs is 9. The third-order valence-electron chi connectivity index (χ3n) is 11.6. The van der Waals surface area contributed by atoms with Gasteiger partial charge in [-0.2, -0.15) is 4.57 Å². The highest BCUT2D eigenvalue weighted by Gasteiger charge is 2.35. The highest BCUT2D eigenvalue weighted by atomic mass is 15.0. The first kappa shape index (κ1) is 30.0. The van der Waals surface area contributed by atoms with Crippen molar-refractivity contribution in [1.82, 2.24) is 9.13 Å². The lowest BCUT2D eigenvalue weighted by molar-refractivity contribution is -0.595. The summed E-state index contributed by atoms with van der Waals surface area (Å²) in [6.45, 7) is 4.71. The first-order valence-electron chi connectivity index (χ1n) is 18.4. The van der Waals surface area contributed by atoms with E-state index in [1.165, 1.54) is 82.7 Å². The lowest BCUT2D eigenvalue weighted by Gasteiger charge is -2.22. The van der Waals surface area contributed by atoms with E-state index in [0.717, 1.165) is 11.4 Å². The quantitative estimate of drug-likeness (QED) is 0.165. The Bertz CT molecular complexity index is 3070. The van der Waals surface area contributed by atoms with Crippen molar-refractivity contribution in [3.05, 3.63) is 193 Å². The van der Waals surface area contributed by atoms with Crippen molar-refractivity contribution >= 4 is 43.6 Å². The average Bonchev–Trinajstić information content (AvgIpc) is 3.81. The molecular weight excluding hydrogens is 643 g/mol. The minimum Gasteiger partial charge on any atom is -0.309 e. The summed E-state index contributed by atoms with van der Waals surface area (Å²) in [5.41, 5.74) is 16.2.